The van der Waals surface area contributed by atoms with Crippen molar-refractivity contribution < 1.29 is 189 Å². The fraction of sp³-hybridized carbons (Fsp3) is 0.640. The van der Waals surface area contributed by atoms with Gasteiger partial charge in [-0.25, -0.2) is 0 Å². The van der Waals surface area contributed by atoms with Gasteiger partial charge in [0.15, 0.2) is 0 Å². The molecule has 12 rings (SSSR count). The van der Waals surface area contributed by atoms with Crippen LogP contribution in [0.15, 0.2) is 72.8 Å². The molecule has 0 aromatic heterocycles. The van der Waals surface area contributed by atoms with E-state index < -0.39 is 0 Å². The van der Waals surface area contributed by atoms with Crippen molar-refractivity contribution in [1.29, 1.82) is 0 Å². The Bertz CT molecular complexity index is 1510. The van der Waals surface area contributed by atoms with E-state index in [1.54, 1.807) is 13.8 Å². The van der Waals surface area contributed by atoms with Gasteiger partial charge in [0.05, 0.1) is 0 Å². The Morgan fingerprint density at radius 3 is 0.875 bits per heavy atom. The topological polar surface area (TPSA) is 109 Å². The molecule has 9 heterocycles. The van der Waals surface area contributed by atoms with Crippen molar-refractivity contribution in [2.75, 3.05) is 72.0 Å². The van der Waals surface area contributed by atoms with Crippen LogP contribution in [0.1, 0.15) is 69.1 Å². The van der Waals surface area contributed by atoms with Crippen molar-refractivity contribution >= 4 is 13.2 Å². The van der Waals surface area contributed by atoms with E-state index in [4.69, 9.17) is 31.4 Å². The van der Waals surface area contributed by atoms with Crippen molar-refractivity contribution in [2.24, 2.45) is 17.8 Å². The van der Waals surface area contributed by atoms with Crippen LogP contribution >= 0.6 is 0 Å². The summed E-state index contributed by atoms with van der Waals surface area (Å²) >= 11 is 0. The van der Waals surface area contributed by atoms with Crippen LogP contribution in [0.2, 0.25) is 27.3 Å². The van der Waals surface area contributed by atoms with Gasteiger partial charge in [-0.1, -0.05) is 94.2 Å². The Morgan fingerprint density at radius 1 is 0.453 bits per heavy atom. The third-order valence-corrected chi connectivity index (χ3v) is 13.2. The molecule has 9 saturated heterocycles. The molecule has 6 bridgehead atoms. The van der Waals surface area contributed by atoms with Gasteiger partial charge in [0, 0.05) is 19.6 Å². The van der Waals surface area contributed by atoms with E-state index in [2.05, 4.69) is 104 Å². The molecule has 9 aliphatic rings. The van der Waals surface area contributed by atoms with Crippen LogP contribution in [0.5, 0.6) is 17.2 Å². The van der Waals surface area contributed by atoms with Crippen LogP contribution in [0.3, 0.4) is 0 Å². The molecular weight excluding hydrogens is 1010 g/mol. The molecule has 0 spiro atoms. The molecule has 3 aromatic carbocycles. The Hall–Kier alpha value is 2.37. The number of nitrogens with zero attached hydrogens (tertiary/aromatic N) is 3. The van der Waals surface area contributed by atoms with Gasteiger partial charge in [0.25, 0.3) is 0 Å². The van der Waals surface area contributed by atoms with E-state index >= 15 is 0 Å². The molecule has 14 heteroatoms. The molecule has 338 valence electrons. The smallest absolute Gasteiger partial charge is 0.678 e. The molecule has 0 saturated carbocycles. The maximum Gasteiger partial charge on any atom is 1.00 e. The second-order valence-electron chi connectivity index (χ2n) is 18.5. The molecule has 9 fully saturated rings. The molecule has 3 aromatic rings. The molecular formula is C50H81B2N6O3Rb3. The first-order valence-electron chi connectivity index (χ1n) is 23.8. The number of piperidine rings is 9. The summed E-state index contributed by atoms with van der Waals surface area (Å²) < 4.78 is 18.3. The van der Waals surface area contributed by atoms with Crippen LogP contribution in [-0.2, 0) is 6.54 Å². The molecule has 0 unspecified atom stereocenters. The Morgan fingerprint density at radius 2 is 0.688 bits per heavy atom. The number of fused-ring (bicyclic) bond motifs is 9. The second-order valence-corrected chi connectivity index (χ2v) is 18.5. The molecule has 0 amide bonds. The van der Waals surface area contributed by atoms with Crippen molar-refractivity contribution in [3.8, 4) is 17.2 Å². The number of hydrogen-bond acceptors (Lipinski definition) is 6. The minimum absolute atomic E-state index is 0. The number of rotatable bonds is 8. The van der Waals surface area contributed by atoms with Gasteiger partial charge in [0.2, 0.25) is 0 Å². The summed E-state index contributed by atoms with van der Waals surface area (Å²) in [6.07, 6.45) is 9.06. The largest absolute Gasteiger partial charge is 1.00 e. The zero-order valence-electron chi connectivity index (χ0n) is 42.3. The molecule has 9 aliphatic heterocycles. The summed E-state index contributed by atoms with van der Waals surface area (Å²) in [4.78, 5) is 7.56. The third kappa shape index (κ3) is 23.7. The van der Waals surface area contributed by atoms with E-state index in [0.717, 1.165) is 73.4 Å². The van der Waals surface area contributed by atoms with E-state index in [0.29, 0.717) is 37.9 Å². The van der Waals surface area contributed by atoms with Gasteiger partial charge >= 0.3 is 175 Å². The quantitative estimate of drug-likeness (QED) is 0.321. The fourth-order valence-electron chi connectivity index (χ4n) is 8.58. The first kappa shape index (κ1) is 64.4. The summed E-state index contributed by atoms with van der Waals surface area (Å²) in [5.41, 5.74) is 23.3. The maximum atomic E-state index is 7.29. The predicted molar refractivity (Wildman–Crippen MR) is 262 cm³/mol. The molecule has 9 nitrogen and oxygen atoms in total. The summed E-state index contributed by atoms with van der Waals surface area (Å²) in [5.74, 6) is 5.34. The van der Waals surface area contributed by atoms with Crippen molar-refractivity contribution in [1.82, 2.24) is 14.7 Å². The Labute approximate surface area is 538 Å². The number of nitrogens with one attached hydrogen (secondary N) is 3. The monoisotopic (exact) mass is 1090 g/mol. The summed E-state index contributed by atoms with van der Waals surface area (Å²) in [6.45, 7) is 30.8. The van der Waals surface area contributed by atoms with Crippen LogP contribution in [-0.4, -0.2) is 118 Å². The average Bonchev–Trinajstić information content (AvgIpc) is 3.28. The van der Waals surface area contributed by atoms with Crippen LogP contribution in [0.25, 0.3) is 17.2 Å². The van der Waals surface area contributed by atoms with E-state index in [1.165, 1.54) is 88.9 Å². The van der Waals surface area contributed by atoms with E-state index in [1.807, 2.05) is 24.3 Å². The zero-order chi connectivity index (χ0) is 44.1. The van der Waals surface area contributed by atoms with Gasteiger partial charge in [-0.05, 0) is 146 Å². The molecule has 3 atom stereocenters. The molecule has 3 N–H and O–H groups in total. The minimum Gasteiger partial charge on any atom is -0.678 e. The normalized spacial score (nSPS) is 26.0. The summed E-state index contributed by atoms with van der Waals surface area (Å²) in [5, 5.41) is 0. The van der Waals surface area contributed by atoms with Gasteiger partial charge in [0.1, 0.15) is 48.8 Å². The summed E-state index contributed by atoms with van der Waals surface area (Å²) in [6, 6.07) is 24.8. The van der Waals surface area contributed by atoms with Crippen molar-refractivity contribution in [2.45, 2.75) is 118 Å². The van der Waals surface area contributed by atoms with Crippen LogP contribution in [0, 0.1) is 31.6 Å². The number of aryl methyl sites for hydroxylation is 2. The maximum absolute atomic E-state index is 7.29. The predicted octanol–water partition coefficient (Wildman–Crippen LogP) is 2.35. The molecule has 64 heavy (non-hydrogen) atoms. The van der Waals surface area contributed by atoms with Crippen LogP contribution in [0.4, 0.5) is 0 Å². The summed E-state index contributed by atoms with van der Waals surface area (Å²) in [7, 11) is 0. The first-order valence-corrected chi connectivity index (χ1v) is 23.8. The fourth-order valence-corrected chi connectivity index (χ4v) is 8.58. The third-order valence-electron chi connectivity index (χ3n) is 13.2. The number of hydrogen-bond donors (Lipinski definition) is 0. The molecule has 0 aliphatic carbocycles. The van der Waals surface area contributed by atoms with Crippen molar-refractivity contribution in [3.63, 3.8) is 0 Å². The standard InChI is InChI=1S/C14H19N2O.2C14H19NO.C4H12B2.2C2H6N.3Rb/c15-9-11-1-3-13(4-2-11)17-14-10-16-7-5-12(14)6-8-16;2*1-11-2-4-13(5-3-11)16-14-10-15-8-6-12(14)7-9-15;1-5(2)6(3)4;2*1-2-3;;;/h1-4,12,14-15H,5-10H2;2*2-5,12,14H,6-10H2,1H3;1-4H3;2*3H,2H2,1H3;;;/q-1;;;;2*-1;3*+1/t3*14-;;;;;;/m000....../s1. The Kier molecular flexibility index (Phi) is 36.5. The van der Waals surface area contributed by atoms with E-state index in [9.17, 15) is 0 Å². The van der Waals surface area contributed by atoms with Gasteiger partial charge in [-0.15, -0.1) is 6.54 Å². The minimum atomic E-state index is 0. The first-order chi connectivity index (χ1) is 29.4. The van der Waals surface area contributed by atoms with Gasteiger partial charge < -0.3 is 31.4 Å². The zero-order valence-corrected chi connectivity index (χ0v) is 57.1. The average molecular weight is 1090 g/mol. The van der Waals surface area contributed by atoms with Gasteiger partial charge in [-0.3, -0.25) is 14.7 Å². The SMILES string of the molecule is CB(C)B(C)C.CC[NH-].CC[NH-].Cc1ccc(O[C@H]2CN3CCC2CC3)cc1.Cc1ccc(O[C@H]2CN3CCC2CC3)cc1.[NH-]Cc1ccc(O[C@H]2CN3CCC2CC3)cc1.[Rb+].[Rb+].[Rb+]. The number of ether oxygens (including phenoxy) is 3. The van der Waals surface area contributed by atoms with Crippen LogP contribution < -0.4 is 189 Å². The van der Waals surface area contributed by atoms with E-state index in [-0.39, 0.29) is 175 Å². The van der Waals surface area contributed by atoms with Gasteiger partial charge in [-0.2, -0.15) is 13.1 Å². The number of benzene rings is 3. The molecule has 0 radical (unpaired) electrons. The van der Waals surface area contributed by atoms with Crippen molar-refractivity contribution in [3.05, 3.63) is 107 Å². The second kappa shape index (κ2) is 36.3. The Balaban J connectivity index is 0.000000418.